The number of nitrogens with one attached hydrogen (secondary N) is 1. The fourth-order valence-electron chi connectivity index (χ4n) is 4.13. The van der Waals surface area contributed by atoms with E-state index in [0.717, 1.165) is 49.4 Å². The molecule has 0 radical (unpaired) electrons. The van der Waals surface area contributed by atoms with E-state index in [-0.39, 0.29) is 25.3 Å². The summed E-state index contributed by atoms with van der Waals surface area (Å²) < 4.78 is 54.5. The van der Waals surface area contributed by atoms with Gasteiger partial charge in [-0.2, -0.15) is 4.31 Å². The largest absolute Gasteiger partial charge is 0.322 e. The molecule has 1 aliphatic carbocycles. The average molecular weight is 450 g/mol. The highest BCUT2D eigenvalue weighted by Crippen LogP contribution is 2.26. The summed E-state index contributed by atoms with van der Waals surface area (Å²) in [6, 6.07) is 8.27. The molecule has 2 aliphatic rings. The predicted molar refractivity (Wildman–Crippen MR) is 113 cm³/mol. The maximum absolute atomic E-state index is 13.7. The van der Waals surface area contributed by atoms with E-state index in [1.807, 2.05) is 6.07 Å². The zero-order valence-corrected chi connectivity index (χ0v) is 17.9. The van der Waals surface area contributed by atoms with Crippen LogP contribution in [0.15, 0.2) is 41.3 Å². The molecule has 2 aromatic rings. The second kappa shape index (κ2) is 9.02. The summed E-state index contributed by atoms with van der Waals surface area (Å²) in [4.78, 5) is 14.3. The first-order valence-corrected chi connectivity index (χ1v) is 11.9. The van der Waals surface area contributed by atoms with Gasteiger partial charge in [0.05, 0.1) is 17.1 Å². The highest BCUT2D eigenvalue weighted by Gasteiger charge is 2.29. The molecular weight excluding hydrogens is 424 g/mol. The third-order valence-electron chi connectivity index (χ3n) is 5.86. The van der Waals surface area contributed by atoms with Gasteiger partial charge in [0, 0.05) is 32.2 Å². The normalized spacial score (nSPS) is 17.9. The summed E-state index contributed by atoms with van der Waals surface area (Å²) in [6.07, 6.45) is 4.13. The van der Waals surface area contributed by atoms with Gasteiger partial charge in [0.25, 0.3) is 0 Å². The number of sulfonamides is 1. The van der Waals surface area contributed by atoms with E-state index in [9.17, 15) is 22.0 Å². The molecule has 166 valence electrons. The van der Waals surface area contributed by atoms with Gasteiger partial charge in [-0.15, -0.1) is 0 Å². The van der Waals surface area contributed by atoms with Crippen molar-refractivity contribution in [3.63, 3.8) is 0 Å². The van der Waals surface area contributed by atoms with Gasteiger partial charge in [-0.05, 0) is 61.1 Å². The van der Waals surface area contributed by atoms with Crippen molar-refractivity contribution >= 4 is 21.6 Å². The van der Waals surface area contributed by atoms with Gasteiger partial charge >= 0.3 is 0 Å². The number of amides is 1. The molecule has 9 heteroatoms. The van der Waals surface area contributed by atoms with Crippen molar-refractivity contribution in [1.82, 2.24) is 9.21 Å². The van der Waals surface area contributed by atoms with Crippen LogP contribution in [0.4, 0.5) is 14.5 Å². The number of hydrogen-bond donors (Lipinski definition) is 1. The number of rotatable bonds is 5. The van der Waals surface area contributed by atoms with E-state index in [4.69, 9.17) is 0 Å². The van der Waals surface area contributed by atoms with Crippen molar-refractivity contribution in [1.29, 1.82) is 0 Å². The molecule has 31 heavy (non-hydrogen) atoms. The number of piperazine rings is 1. The molecule has 1 fully saturated rings. The van der Waals surface area contributed by atoms with Crippen molar-refractivity contribution < 1.29 is 22.0 Å². The lowest BCUT2D eigenvalue weighted by Crippen LogP contribution is -2.50. The molecule has 1 aliphatic heterocycles. The average Bonchev–Trinajstić information content (AvgIpc) is 2.76. The lowest BCUT2D eigenvalue weighted by molar-refractivity contribution is -0.117. The lowest BCUT2D eigenvalue weighted by atomic mass is 9.92. The van der Waals surface area contributed by atoms with Gasteiger partial charge in [0.2, 0.25) is 15.9 Å². The Morgan fingerprint density at radius 2 is 1.65 bits per heavy atom. The molecule has 0 spiro atoms. The van der Waals surface area contributed by atoms with Crippen molar-refractivity contribution in [3.8, 4) is 0 Å². The second-order valence-electron chi connectivity index (χ2n) is 7.99. The third kappa shape index (κ3) is 4.94. The fraction of sp³-hybridized carbons (Fsp3) is 0.409. The minimum Gasteiger partial charge on any atom is -0.322 e. The molecule has 0 atom stereocenters. The van der Waals surface area contributed by atoms with E-state index < -0.39 is 27.6 Å². The molecule has 6 nitrogen and oxygen atoms in total. The summed E-state index contributed by atoms with van der Waals surface area (Å²) in [7, 11) is -3.59. The fourth-order valence-corrected chi connectivity index (χ4v) is 5.61. The van der Waals surface area contributed by atoms with Gasteiger partial charge < -0.3 is 5.32 Å². The number of hydrogen-bond acceptors (Lipinski definition) is 4. The molecule has 0 saturated carbocycles. The summed E-state index contributed by atoms with van der Waals surface area (Å²) >= 11 is 0. The monoisotopic (exact) mass is 449 g/mol. The molecule has 4 rings (SSSR count). The van der Waals surface area contributed by atoms with Gasteiger partial charge in [-0.25, -0.2) is 17.2 Å². The Hall–Kier alpha value is -2.36. The maximum Gasteiger partial charge on any atom is 0.243 e. The third-order valence-corrected chi connectivity index (χ3v) is 7.75. The van der Waals surface area contributed by atoms with E-state index in [1.165, 1.54) is 9.87 Å². The minimum absolute atomic E-state index is 0.0251. The summed E-state index contributed by atoms with van der Waals surface area (Å²) in [5.41, 5.74) is 2.14. The number of carbonyl (C=O) groups is 1. The van der Waals surface area contributed by atoms with Gasteiger partial charge in [0.1, 0.15) is 11.6 Å². The van der Waals surface area contributed by atoms with Crippen LogP contribution in [0.1, 0.15) is 24.0 Å². The highest BCUT2D eigenvalue weighted by atomic mass is 32.2. The molecule has 0 bridgehead atoms. The minimum atomic E-state index is -3.59. The number of nitrogens with zero attached hydrogens (tertiary/aromatic N) is 2. The van der Waals surface area contributed by atoms with Crippen LogP contribution in [0.3, 0.4) is 0 Å². The molecule has 1 heterocycles. The quantitative estimate of drug-likeness (QED) is 0.762. The molecule has 1 N–H and O–H groups in total. The topological polar surface area (TPSA) is 69.7 Å². The van der Waals surface area contributed by atoms with Crippen LogP contribution in [-0.2, 0) is 27.7 Å². The standard InChI is InChI=1S/C22H25F2N3O3S/c23-18-6-8-20(24)21(14-18)25-22(28)15-26-9-11-27(12-10-26)31(29,30)19-7-5-16-3-1-2-4-17(16)13-19/h5-8,13-14H,1-4,9-12,15H2,(H,25,28). The molecule has 1 amide bonds. The van der Waals surface area contributed by atoms with Crippen molar-refractivity contribution in [2.75, 3.05) is 38.0 Å². The number of fused-ring (bicyclic) bond motifs is 1. The Labute approximate surface area is 180 Å². The van der Waals surface area contributed by atoms with Gasteiger partial charge in [0.15, 0.2) is 0 Å². The smallest absolute Gasteiger partial charge is 0.243 e. The van der Waals surface area contributed by atoms with Crippen LogP contribution in [0.25, 0.3) is 0 Å². The molecule has 0 unspecified atom stereocenters. The Morgan fingerprint density at radius 1 is 0.935 bits per heavy atom. The number of benzene rings is 2. The highest BCUT2D eigenvalue weighted by molar-refractivity contribution is 7.89. The maximum atomic E-state index is 13.7. The van der Waals surface area contributed by atoms with Crippen LogP contribution in [-0.4, -0.2) is 56.3 Å². The SMILES string of the molecule is O=C(CN1CCN(S(=O)(=O)c2ccc3c(c2)CCCC3)CC1)Nc1cc(F)ccc1F. The lowest BCUT2D eigenvalue weighted by Gasteiger charge is -2.33. The number of aryl methyl sites for hydroxylation is 2. The number of halogens is 2. The van der Waals surface area contributed by atoms with E-state index in [2.05, 4.69) is 5.32 Å². The van der Waals surface area contributed by atoms with Gasteiger partial charge in [-0.1, -0.05) is 6.07 Å². The Morgan fingerprint density at radius 3 is 2.39 bits per heavy atom. The zero-order chi connectivity index (χ0) is 22.0. The van der Waals surface area contributed by atoms with Crippen LogP contribution in [0.5, 0.6) is 0 Å². The van der Waals surface area contributed by atoms with E-state index >= 15 is 0 Å². The Bertz CT molecular complexity index is 1080. The van der Waals surface area contributed by atoms with E-state index in [0.29, 0.717) is 18.0 Å². The molecule has 0 aromatic heterocycles. The van der Waals surface area contributed by atoms with E-state index in [1.54, 1.807) is 17.0 Å². The van der Waals surface area contributed by atoms with Crippen LogP contribution < -0.4 is 5.32 Å². The first kappa shape index (κ1) is 21.9. The molecule has 2 aromatic carbocycles. The molecular formula is C22H25F2N3O3S. The van der Waals surface area contributed by atoms with Crippen molar-refractivity contribution in [2.45, 2.75) is 30.6 Å². The second-order valence-corrected chi connectivity index (χ2v) is 9.93. The Balaban J connectivity index is 1.35. The molecule has 1 saturated heterocycles. The Kier molecular flexibility index (Phi) is 6.36. The van der Waals surface area contributed by atoms with Gasteiger partial charge in [-0.3, -0.25) is 9.69 Å². The first-order chi connectivity index (χ1) is 14.8. The summed E-state index contributed by atoms with van der Waals surface area (Å²) in [6.45, 7) is 1.26. The summed E-state index contributed by atoms with van der Waals surface area (Å²) in [5, 5.41) is 2.37. The summed E-state index contributed by atoms with van der Waals surface area (Å²) in [5.74, 6) is -1.83. The number of carbonyl (C=O) groups excluding carboxylic acids is 1. The van der Waals surface area contributed by atoms with Crippen LogP contribution >= 0.6 is 0 Å². The predicted octanol–water partition coefficient (Wildman–Crippen LogP) is 2.79. The van der Waals surface area contributed by atoms with Crippen LogP contribution in [0.2, 0.25) is 0 Å². The van der Waals surface area contributed by atoms with Crippen LogP contribution in [0, 0.1) is 11.6 Å². The van der Waals surface area contributed by atoms with Crippen molar-refractivity contribution in [2.24, 2.45) is 0 Å². The number of anilines is 1. The zero-order valence-electron chi connectivity index (χ0n) is 17.1. The van der Waals surface area contributed by atoms with Crippen molar-refractivity contribution in [3.05, 3.63) is 59.2 Å². The first-order valence-electron chi connectivity index (χ1n) is 10.4.